The Morgan fingerprint density at radius 3 is 2.43 bits per heavy atom. The van der Waals surface area contributed by atoms with Crippen LogP contribution in [0.4, 0.5) is 13.2 Å². The molecule has 0 spiro atoms. The molecule has 0 fully saturated rings. The molecule has 0 saturated carbocycles. The number of Topliss-reactive ketones (excluding diaryl/α,β-unsaturated/α-hetero) is 1. The Balaban J connectivity index is 2.06. The number of hydrogen-bond donors (Lipinski definition) is 1. The molecule has 0 bridgehead atoms. The fraction of sp³-hybridized carbons (Fsp3) is 0.350. The number of aromatic nitrogens is 1. The molecule has 1 aromatic carbocycles. The van der Waals surface area contributed by atoms with E-state index in [1.807, 2.05) is 6.92 Å². The van der Waals surface area contributed by atoms with Gasteiger partial charge in [0.05, 0.1) is 6.04 Å². The number of pyridine rings is 1. The second-order valence-electron chi connectivity index (χ2n) is 6.19. The first-order valence-corrected chi connectivity index (χ1v) is 8.94. The maximum atomic E-state index is 13.7. The van der Waals surface area contributed by atoms with Gasteiger partial charge in [0.15, 0.2) is 23.2 Å². The van der Waals surface area contributed by atoms with Crippen molar-refractivity contribution in [1.29, 1.82) is 0 Å². The number of nitrogens with one attached hydrogen (secondary N) is 1. The Hall–Kier alpha value is -2.90. The van der Waals surface area contributed by atoms with Crippen molar-refractivity contribution < 1.29 is 27.5 Å². The molecule has 0 aliphatic carbocycles. The first kappa shape index (κ1) is 21.4. The molecule has 2 rings (SSSR count). The van der Waals surface area contributed by atoms with Gasteiger partial charge in [-0.2, -0.15) is 4.39 Å². The number of hydrogen-bond acceptors (Lipinski definition) is 4. The fourth-order valence-electron chi connectivity index (χ4n) is 2.54. The number of amides is 1. The van der Waals surface area contributed by atoms with Crippen LogP contribution in [0.5, 0.6) is 5.75 Å². The monoisotopic (exact) mass is 394 g/mol. The Bertz CT molecular complexity index is 816. The highest BCUT2D eigenvalue weighted by Crippen LogP contribution is 2.23. The number of rotatable bonds is 10. The maximum Gasteiger partial charge on any atom is 0.251 e. The number of halogens is 3. The topological polar surface area (TPSA) is 68.3 Å². The van der Waals surface area contributed by atoms with Crippen LogP contribution in [0.3, 0.4) is 0 Å². The van der Waals surface area contributed by atoms with Crippen molar-refractivity contribution in [3.05, 3.63) is 59.7 Å². The van der Waals surface area contributed by atoms with Gasteiger partial charge in [0.1, 0.15) is 6.61 Å². The number of unbranched alkanes of at least 4 members (excludes halogenated alkanes) is 2. The molecule has 1 amide bonds. The van der Waals surface area contributed by atoms with Gasteiger partial charge in [0.25, 0.3) is 5.91 Å². The zero-order chi connectivity index (χ0) is 20.5. The van der Waals surface area contributed by atoms with Crippen LogP contribution in [0.2, 0.25) is 0 Å². The van der Waals surface area contributed by atoms with Gasteiger partial charge in [0.2, 0.25) is 5.82 Å². The van der Waals surface area contributed by atoms with Gasteiger partial charge in [0, 0.05) is 18.0 Å². The minimum Gasteiger partial charge on any atom is -0.480 e. The lowest BCUT2D eigenvalue weighted by Gasteiger charge is -2.18. The summed E-state index contributed by atoms with van der Waals surface area (Å²) < 4.78 is 45.4. The zero-order valence-electron chi connectivity index (χ0n) is 15.4. The molecule has 1 atom stereocenters. The molecular formula is C20H21F3N2O3. The van der Waals surface area contributed by atoms with Crippen LogP contribution in [0.25, 0.3) is 0 Å². The lowest BCUT2D eigenvalue weighted by molar-refractivity contribution is -0.123. The van der Waals surface area contributed by atoms with E-state index in [1.54, 1.807) is 0 Å². The molecule has 1 aromatic heterocycles. The second-order valence-corrected chi connectivity index (χ2v) is 6.19. The summed E-state index contributed by atoms with van der Waals surface area (Å²) in [4.78, 5) is 28.6. The van der Waals surface area contributed by atoms with E-state index in [-0.39, 0.29) is 0 Å². The third kappa shape index (κ3) is 5.80. The SMILES string of the molecule is CCCCC[C@H](NC(=O)c1ccncc1)C(=O)COc1c(F)ccc(F)c1F. The summed E-state index contributed by atoms with van der Waals surface area (Å²) in [5, 5.41) is 2.61. The van der Waals surface area contributed by atoms with Crippen LogP contribution in [-0.2, 0) is 4.79 Å². The van der Waals surface area contributed by atoms with Crippen molar-refractivity contribution in [2.24, 2.45) is 0 Å². The fourth-order valence-corrected chi connectivity index (χ4v) is 2.54. The molecular weight excluding hydrogens is 373 g/mol. The number of nitrogens with zero attached hydrogens (tertiary/aromatic N) is 1. The molecule has 8 heteroatoms. The van der Waals surface area contributed by atoms with Gasteiger partial charge >= 0.3 is 0 Å². The zero-order valence-corrected chi connectivity index (χ0v) is 15.4. The Kier molecular flexibility index (Phi) is 7.98. The molecule has 0 saturated heterocycles. The quantitative estimate of drug-likeness (QED) is 0.491. The first-order valence-electron chi connectivity index (χ1n) is 8.94. The third-order valence-corrected chi connectivity index (χ3v) is 4.09. The van der Waals surface area contributed by atoms with Crippen molar-refractivity contribution in [3.8, 4) is 5.75 Å². The molecule has 1 N–H and O–H groups in total. The second kappa shape index (κ2) is 10.4. The van der Waals surface area contributed by atoms with E-state index >= 15 is 0 Å². The van der Waals surface area contributed by atoms with Gasteiger partial charge in [-0.3, -0.25) is 14.6 Å². The number of benzene rings is 1. The molecule has 2 aromatic rings. The number of carbonyl (C=O) groups excluding carboxylic acids is 2. The van der Waals surface area contributed by atoms with Crippen LogP contribution in [0.1, 0.15) is 43.0 Å². The molecule has 0 radical (unpaired) electrons. The van der Waals surface area contributed by atoms with Crippen LogP contribution >= 0.6 is 0 Å². The molecule has 5 nitrogen and oxygen atoms in total. The normalized spacial score (nSPS) is 11.7. The van der Waals surface area contributed by atoms with Gasteiger partial charge in [-0.1, -0.05) is 26.2 Å². The van der Waals surface area contributed by atoms with E-state index in [9.17, 15) is 22.8 Å². The van der Waals surface area contributed by atoms with Crippen molar-refractivity contribution >= 4 is 11.7 Å². The number of ketones is 1. The van der Waals surface area contributed by atoms with Crippen molar-refractivity contribution in [1.82, 2.24) is 10.3 Å². The lowest BCUT2D eigenvalue weighted by atomic mass is 10.0. The minimum atomic E-state index is -1.50. The van der Waals surface area contributed by atoms with Crippen LogP contribution in [0, 0.1) is 17.5 Å². The lowest BCUT2D eigenvalue weighted by Crippen LogP contribution is -2.43. The van der Waals surface area contributed by atoms with Gasteiger partial charge in [-0.05, 0) is 30.7 Å². The Morgan fingerprint density at radius 2 is 1.75 bits per heavy atom. The summed E-state index contributed by atoms with van der Waals surface area (Å²) in [7, 11) is 0. The van der Waals surface area contributed by atoms with E-state index in [1.165, 1.54) is 24.5 Å². The summed E-state index contributed by atoms with van der Waals surface area (Å²) in [6.07, 6.45) is 5.68. The summed E-state index contributed by atoms with van der Waals surface area (Å²) in [6, 6.07) is 3.43. The van der Waals surface area contributed by atoms with Gasteiger partial charge in [-0.25, -0.2) is 8.78 Å². The highest BCUT2D eigenvalue weighted by molar-refractivity contribution is 5.98. The van der Waals surface area contributed by atoms with Crippen LogP contribution in [0.15, 0.2) is 36.7 Å². The van der Waals surface area contributed by atoms with Crippen molar-refractivity contribution in [3.63, 3.8) is 0 Å². The number of ether oxygens (including phenoxy) is 1. The van der Waals surface area contributed by atoms with E-state index in [0.29, 0.717) is 30.5 Å². The molecule has 1 heterocycles. The largest absolute Gasteiger partial charge is 0.480 e. The van der Waals surface area contributed by atoms with Crippen LogP contribution in [-0.4, -0.2) is 29.3 Å². The Morgan fingerprint density at radius 1 is 1.07 bits per heavy atom. The smallest absolute Gasteiger partial charge is 0.251 e. The predicted octanol–water partition coefficient (Wildman–Crippen LogP) is 3.83. The molecule has 0 aliphatic heterocycles. The average molecular weight is 394 g/mol. The minimum absolute atomic E-state index is 0.325. The van der Waals surface area contributed by atoms with E-state index < -0.39 is 47.5 Å². The van der Waals surface area contributed by atoms with E-state index in [0.717, 1.165) is 12.8 Å². The summed E-state index contributed by atoms with van der Waals surface area (Å²) in [5.74, 6) is -5.90. The Labute approximate surface area is 160 Å². The molecule has 0 aliphatic rings. The van der Waals surface area contributed by atoms with Gasteiger partial charge in [-0.15, -0.1) is 0 Å². The summed E-state index contributed by atoms with van der Waals surface area (Å²) in [6.45, 7) is 1.29. The van der Waals surface area contributed by atoms with Crippen molar-refractivity contribution in [2.45, 2.75) is 38.6 Å². The van der Waals surface area contributed by atoms with Crippen LogP contribution < -0.4 is 10.1 Å². The van der Waals surface area contributed by atoms with E-state index in [4.69, 9.17) is 4.74 Å². The van der Waals surface area contributed by atoms with Crippen molar-refractivity contribution in [2.75, 3.05) is 6.61 Å². The van der Waals surface area contributed by atoms with E-state index in [2.05, 4.69) is 10.3 Å². The van der Waals surface area contributed by atoms with Gasteiger partial charge < -0.3 is 10.1 Å². The highest BCUT2D eigenvalue weighted by atomic mass is 19.2. The molecule has 0 unspecified atom stereocenters. The third-order valence-electron chi connectivity index (χ3n) is 4.09. The highest BCUT2D eigenvalue weighted by Gasteiger charge is 2.23. The average Bonchev–Trinajstić information content (AvgIpc) is 2.70. The first-order chi connectivity index (χ1) is 13.4. The number of carbonyl (C=O) groups is 2. The summed E-state index contributed by atoms with van der Waals surface area (Å²) >= 11 is 0. The molecule has 150 valence electrons. The maximum absolute atomic E-state index is 13.7. The predicted molar refractivity (Wildman–Crippen MR) is 96.5 cm³/mol. The summed E-state index contributed by atoms with van der Waals surface area (Å²) in [5.41, 5.74) is 0.325. The standard InChI is InChI=1S/C20H21F3N2O3/c1-2-3-4-5-16(25-20(27)13-8-10-24-11-9-13)17(26)12-28-19-15(22)7-6-14(21)18(19)23/h6-11,16H,2-5,12H2,1H3,(H,25,27)/t16-/m0/s1. The molecule has 28 heavy (non-hydrogen) atoms.